The zero-order chi connectivity index (χ0) is 14.4. The molecule has 0 atom stereocenters. The summed E-state index contributed by atoms with van der Waals surface area (Å²) in [7, 11) is 0. The molecule has 0 aromatic heterocycles. The number of halogens is 1. The molecule has 2 aromatic rings. The smallest absolute Gasteiger partial charge is 0.349 e. The van der Waals surface area contributed by atoms with E-state index in [4.69, 9.17) is 9.47 Å². The van der Waals surface area contributed by atoms with Gasteiger partial charge in [-0.05, 0) is 48.4 Å². The Hall–Kier alpha value is -1.81. The molecule has 0 fully saturated rings. The van der Waals surface area contributed by atoms with E-state index in [1.54, 1.807) is 24.3 Å². The molecule has 3 nitrogen and oxygen atoms in total. The van der Waals surface area contributed by atoms with Crippen LogP contribution in [0.1, 0.15) is 12.5 Å². The number of ether oxygens (including phenoxy) is 2. The molecule has 4 heteroatoms. The van der Waals surface area contributed by atoms with E-state index in [2.05, 4.69) is 22.9 Å². The van der Waals surface area contributed by atoms with Crippen LogP contribution >= 0.6 is 15.9 Å². The van der Waals surface area contributed by atoms with E-state index in [0.29, 0.717) is 11.5 Å². The molecule has 20 heavy (non-hydrogen) atoms. The molecule has 0 saturated heterocycles. The van der Waals surface area contributed by atoms with Crippen molar-refractivity contribution in [3.05, 3.63) is 58.6 Å². The normalized spacial score (nSPS) is 10.1. The lowest BCUT2D eigenvalue weighted by atomic mass is 10.2. The predicted molar refractivity (Wildman–Crippen MR) is 81.1 cm³/mol. The van der Waals surface area contributed by atoms with Gasteiger partial charge in [-0.15, -0.1) is 0 Å². The Morgan fingerprint density at radius 2 is 1.60 bits per heavy atom. The Kier molecular flexibility index (Phi) is 5.18. The Morgan fingerprint density at radius 1 is 1.00 bits per heavy atom. The second-order valence-corrected chi connectivity index (χ2v) is 5.13. The number of aryl methyl sites for hydroxylation is 1. The first kappa shape index (κ1) is 14.6. The molecule has 0 spiro atoms. The van der Waals surface area contributed by atoms with Gasteiger partial charge in [0.25, 0.3) is 0 Å². The van der Waals surface area contributed by atoms with Crippen LogP contribution in [0.5, 0.6) is 11.5 Å². The maximum absolute atomic E-state index is 11.7. The number of rotatable bonds is 5. The van der Waals surface area contributed by atoms with Crippen molar-refractivity contribution in [1.82, 2.24) is 0 Å². The van der Waals surface area contributed by atoms with E-state index in [9.17, 15) is 4.79 Å². The molecule has 2 rings (SSSR count). The topological polar surface area (TPSA) is 35.5 Å². The van der Waals surface area contributed by atoms with Crippen molar-refractivity contribution in [1.29, 1.82) is 0 Å². The SMILES string of the molecule is CCc1ccc(OC(=O)COc2ccc(Br)cc2)cc1. The lowest BCUT2D eigenvalue weighted by Crippen LogP contribution is -2.17. The van der Waals surface area contributed by atoms with E-state index < -0.39 is 5.97 Å². The van der Waals surface area contributed by atoms with Crippen molar-refractivity contribution < 1.29 is 14.3 Å². The van der Waals surface area contributed by atoms with Gasteiger partial charge in [0.1, 0.15) is 11.5 Å². The fourth-order valence-corrected chi connectivity index (χ4v) is 1.89. The summed E-state index contributed by atoms with van der Waals surface area (Å²) in [6.07, 6.45) is 0.959. The van der Waals surface area contributed by atoms with Crippen molar-refractivity contribution in [2.45, 2.75) is 13.3 Å². The Bertz CT molecular complexity index is 561. The fourth-order valence-electron chi connectivity index (χ4n) is 1.63. The highest BCUT2D eigenvalue weighted by Gasteiger charge is 2.06. The van der Waals surface area contributed by atoms with Crippen molar-refractivity contribution >= 4 is 21.9 Å². The monoisotopic (exact) mass is 334 g/mol. The van der Waals surface area contributed by atoms with Gasteiger partial charge in [0.15, 0.2) is 6.61 Å². The predicted octanol–water partition coefficient (Wildman–Crippen LogP) is 4.00. The summed E-state index contributed by atoms with van der Waals surface area (Å²) in [5.74, 6) is 0.746. The van der Waals surface area contributed by atoms with Crippen LogP contribution in [-0.2, 0) is 11.2 Å². The van der Waals surface area contributed by atoms with Crippen molar-refractivity contribution in [2.75, 3.05) is 6.61 Å². The highest BCUT2D eigenvalue weighted by atomic mass is 79.9. The van der Waals surface area contributed by atoms with Gasteiger partial charge in [0.05, 0.1) is 0 Å². The van der Waals surface area contributed by atoms with Crippen LogP contribution in [0.25, 0.3) is 0 Å². The average molecular weight is 335 g/mol. The molecule has 0 aliphatic carbocycles. The van der Waals surface area contributed by atoms with Gasteiger partial charge in [-0.3, -0.25) is 0 Å². The van der Waals surface area contributed by atoms with Crippen LogP contribution in [0.15, 0.2) is 53.0 Å². The van der Waals surface area contributed by atoms with E-state index in [1.165, 1.54) is 5.56 Å². The third-order valence-electron chi connectivity index (χ3n) is 2.73. The summed E-state index contributed by atoms with van der Waals surface area (Å²) in [6.45, 7) is 1.96. The molecule has 0 aliphatic rings. The minimum Gasteiger partial charge on any atom is -0.482 e. The lowest BCUT2D eigenvalue weighted by molar-refractivity contribution is -0.136. The van der Waals surface area contributed by atoms with Crippen molar-refractivity contribution in [3.63, 3.8) is 0 Å². The summed E-state index contributed by atoms with van der Waals surface area (Å²) < 4.78 is 11.5. The number of carbonyl (C=O) groups excluding carboxylic acids is 1. The van der Waals surface area contributed by atoms with Gasteiger partial charge in [0.2, 0.25) is 0 Å². The largest absolute Gasteiger partial charge is 0.482 e. The molecular weight excluding hydrogens is 320 g/mol. The van der Waals surface area contributed by atoms with E-state index in [1.807, 2.05) is 24.3 Å². The third-order valence-corrected chi connectivity index (χ3v) is 3.26. The Morgan fingerprint density at radius 3 is 2.20 bits per heavy atom. The van der Waals surface area contributed by atoms with Crippen molar-refractivity contribution in [3.8, 4) is 11.5 Å². The quantitative estimate of drug-likeness (QED) is 0.612. The van der Waals surface area contributed by atoms with Crippen LogP contribution in [0.4, 0.5) is 0 Å². The van der Waals surface area contributed by atoms with E-state index >= 15 is 0 Å². The zero-order valence-electron chi connectivity index (χ0n) is 11.1. The van der Waals surface area contributed by atoms with Gasteiger partial charge in [-0.1, -0.05) is 35.0 Å². The van der Waals surface area contributed by atoms with Crippen LogP contribution in [0.3, 0.4) is 0 Å². The minimum atomic E-state index is -0.419. The van der Waals surface area contributed by atoms with E-state index in [-0.39, 0.29) is 6.61 Å². The fraction of sp³-hybridized carbons (Fsp3) is 0.188. The summed E-state index contributed by atoms with van der Waals surface area (Å²) in [6, 6.07) is 14.7. The second-order valence-electron chi connectivity index (χ2n) is 4.21. The maximum Gasteiger partial charge on any atom is 0.349 e. The van der Waals surface area contributed by atoms with Gasteiger partial charge >= 0.3 is 5.97 Å². The molecule has 0 unspecified atom stereocenters. The maximum atomic E-state index is 11.7. The molecule has 104 valence electrons. The lowest BCUT2D eigenvalue weighted by Gasteiger charge is -2.07. The van der Waals surface area contributed by atoms with Gasteiger partial charge in [-0.2, -0.15) is 0 Å². The molecule has 0 N–H and O–H groups in total. The van der Waals surface area contributed by atoms with Crippen LogP contribution in [-0.4, -0.2) is 12.6 Å². The second kappa shape index (κ2) is 7.10. The Balaban J connectivity index is 1.84. The third kappa shape index (κ3) is 4.38. The number of esters is 1. The van der Waals surface area contributed by atoms with Gasteiger partial charge in [0, 0.05) is 4.47 Å². The summed E-state index contributed by atoms with van der Waals surface area (Å²) in [5.41, 5.74) is 1.20. The number of carbonyl (C=O) groups is 1. The minimum absolute atomic E-state index is 0.114. The molecule has 0 saturated carbocycles. The number of hydrogen-bond acceptors (Lipinski definition) is 3. The number of benzene rings is 2. The van der Waals surface area contributed by atoms with Gasteiger partial charge in [-0.25, -0.2) is 4.79 Å². The highest BCUT2D eigenvalue weighted by molar-refractivity contribution is 9.10. The van der Waals surface area contributed by atoms with Crippen LogP contribution < -0.4 is 9.47 Å². The molecular formula is C16H15BrO3. The molecule has 0 amide bonds. The van der Waals surface area contributed by atoms with Crippen LogP contribution in [0, 0.1) is 0 Å². The molecule has 0 bridgehead atoms. The summed E-state index contributed by atoms with van der Waals surface area (Å²) in [4.78, 5) is 11.7. The first-order valence-corrected chi connectivity index (χ1v) is 7.14. The van der Waals surface area contributed by atoms with Crippen molar-refractivity contribution in [2.24, 2.45) is 0 Å². The highest BCUT2D eigenvalue weighted by Crippen LogP contribution is 2.16. The Labute approximate surface area is 126 Å². The van der Waals surface area contributed by atoms with E-state index in [0.717, 1.165) is 10.9 Å². The summed E-state index contributed by atoms with van der Waals surface area (Å²) >= 11 is 3.33. The molecule has 0 aliphatic heterocycles. The zero-order valence-corrected chi connectivity index (χ0v) is 12.7. The number of hydrogen-bond donors (Lipinski definition) is 0. The van der Waals surface area contributed by atoms with Gasteiger partial charge < -0.3 is 9.47 Å². The average Bonchev–Trinajstić information content (AvgIpc) is 2.47. The van der Waals surface area contributed by atoms with Crippen LogP contribution in [0.2, 0.25) is 0 Å². The molecule has 2 aromatic carbocycles. The first-order chi connectivity index (χ1) is 9.67. The molecule has 0 radical (unpaired) electrons. The summed E-state index contributed by atoms with van der Waals surface area (Å²) in [5, 5.41) is 0. The molecule has 0 heterocycles. The first-order valence-electron chi connectivity index (χ1n) is 6.35. The standard InChI is InChI=1S/C16H15BrO3/c1-2-12-3-7-15(8-4-12)20-16(18)11-19-14-9-5-13(17)6-10-14/h3-10H,2,11H2,1H3.